The molecule has 4 amide bonds. The van der Waals surface area contributed by atoms with Gasteiger partial charge in [0.05, 0.1) is 49.7 Å². The minimum absolute atomic E-state index is 0.0985. The Hall–Kier alpha value is -6.51. The highest BCUT2D eigenvalue weighted by Crippen LogP contribution is 2.23. The molecule has 1 aliphatic heterocycles. The number of pyridine rings is 1. The van der Waals surface area contributed by atoms with Crippen LogP contribution < -0.4 is 25.8 Å². The first-order chi connectivity index (χ1) is 33.0. The Morgan fingerprint density at radius 3 is 1.25 bits per heavy atom. The predicted octanol–water partition coefficient (Wildman–Crippen LogP) is 5.29. The molecular weight excluding hydrogens is 851 g/mol. The molecule has 4 N–H and O–H groups in total. The molecule has 6 aromatic rings. The van der Waals surface area contributed by atoms with Crippen molar-refractivity contribution >= 4 is 45.3 Å². The molecule has 0 aliphatic carbocycles. The van der Waals surface area contributed by atoms with E-state index < -0.39 is 0 Å². The summed E-state index contributed by atoms with van der Waals surface area (Å²) in [5.41, 5.74) is 5.18. The van der Waals surface area contributed by atoms with E-state index in [-0.39, 0.29) is 67.9 Å². The SMILES string of the molecule is C[C@@H](NC(=O)CN1CCN(CC(=O)NCc2ccc3c(c2)c2ccccc2c[n+]3C)CCN(CC(=O)N[C@H](C)c2ccccc2)CCN(CC(=O)N[C@H](C)c2ccccc2)CC1)c1ccccc1. The van der Waals surface area contributed by atoms with Gasteiger partial charge in [0.25, 0.3) is 0 Å². The third kappa shape index (κ3) is 14.5. The van der Waals surface area contributed by atoms with Crippen molar-refractivity contribution < 1.29 is 23.7 Å². The second-order valence-corrected chi connectivity index (χ2v) is 18.2. The van der Waals surface area contributed by atoms with Gasteiger partial charge in [-0.1, -0.05) is 115 Å². The summed E-state index contributed by atoms with van der Waals surface area (Å²) in [7, 11) is 2.05. The summed E-state index contributed by atoms with van der Waals surface area (Å²) in [5.74, 6) is -0.405. The molecule has 0 radical (unpaired) electrons. The van der Waals surface area contributed by atoms with Crippen molar-refractivity contribution in [2.75, 3.05) is 78.5 Å². The number of carbonyl (C=O) groups is 4. The smallest absolute Gasteiger partial charge is 0.234 e. The van der Waals surface area contributed by atoms with E-state index in [1.807, 2.05) is 131 Å². The molecule has 13 nitrogen and oxygen atoms in total. The van der Waals surface area contributed by atoms with Crippen molar-refractivity contribution in [1.29, 1.82) is 0 Å². The number of aromatic nitrogens is 1. The second kappa shape index (κ2) is 24.5. The first-order valence-corrected chi connectivity index (χ1v) is 24.0. The first kappa shape index (κ1) is 49.4. The largest absolute Gasteiger partial charge is 0.351 e. The number of hydrogen-bond acceptors (Lipinski definition) is 8. The number of rotatable bonds is 16. The summed E-state index contributed by atoms with van der Waals surface area (Å²) < 4.78 is 2.13. The van der Waals surface area contributed by atoms with Gasteiger partial charge in [0.2, 0.25) is 29.1 Å². The fourth-order valence-corrected chi connectivity index (χ4v) is 8.97. The van der Waals surface area contributed by atoms with Gasteiger partial charge in [0, 0.05) is 75.7 Å². The average Bonchev–Trinajstić information content (AvgIpc) is 3.34. The maximum Gasteiger partial charge on any atom is 0.234 e. The van der Waals surface area contributed by atoms with Crippen LogP contribution in [0.5, 0.6) is 0 Å². The molecule has 0 saturated carbocycles. The first-order valence-electron chi connectivity index (χ1n) is 24.0. The van der Waals surface area contributed by atoms with Crippen molar-refractivity contribution in [3.05, 3.63) is 162 Å². The number of hydrogen-bond donors (Lipinski definition) is 4. The molecule has 3 atom stereocenters. The Balaban J connectivity index is 1.07. The normalized spacial score (nSPS) is 16.2. The van der Waals surface area contributed by atoms with Gasteiger partial charge in [-0.05, 0) is 55.2 Å². The minimum Gasteiger partial charge on any atom is -0.351 e. The van der Waals surface area contributed by atoms with E-state index in [9.17, 15) is 19.2 Å². The van der Waals surface area contributed by atoms with Gasteiger partial charge in [0.1, 0.15) is 7.05 Å². The molecule has 1 aliphatic rings. The monoisotopic (exact) mass is 919 g/mol. The van der Waals surface area contributed by atoms with Crippen LogP contribution in [0.15, 0.2) is 140 Å². The average molecular weight is 919 g/mol. The highest BCUT2D eigenvalue weighted by atomic mass is 16.2. The van der Waals surface area contributed by atoms with Crippen LogP contribution in [0.4, 0.5) is 0 Å². The molecule has 0 bridgehead atoms. The molecule has 7 rings (SSSR count). The fourth-order valence-electron chi connectivity index (χ4n) is 8.97. The van der Waals surface area contributed by atoms with Gasteiger partial charge in [-0.15, -0.1) is 0 Å². The Morgan fingerprint density at radius 2 is 0.838 bits per heavy atom. The molecule has 1 fully saturated rings. The van der Waals surface area contributed by atoms with Crippen LogP contribution in [0.3, 0.4) is 0 Å². The molecule has 2 heterocycles. The number of amides is 4. The van der Waals surface area contributed by atoms with Crippen molar-refractivity contribution in [3.8, 4) is 0 Å². The van der Waals surface area contributed by atoms with Crippen LogP contribution >= 0.6 is 0 Å². The van der Waals surface area contributed by atoms with Crippen LogP contribution in [0, 0.1) is 0 Å². The van der Waals surface area contributed by atoms with E-state index in [1.54, 1.807) is 0 Å². The zero-order chi connectivity index (χ0) is 47.8. The molecule has 0 unspecified atom stereocenters. The van der Waals surface area contributed by atoms with Crippen molar-refractivity contribution in [2.24, 2.45) is 7.05 Å². The van der Waals surface area contributed by atoms with E-state index in [0.717, 1.165) is 43.9 Å². The molecular formula is C55H68N9O4+. The van der Waals surface area contributed by atoms with Gasteiger partial charge < -0.3 is 21.3 Å². The maximum absolute atomic E-state index is 13.9. The summed E-state index contributed by atoms with van der Waals surface area (Å²) in [5, 5.41) is 16.2. The Kier molecular flexibility index (Phi) is 17.8. The van der Waals surface area contributed by atoms with Gasteiger partial charge in [-0.25, -0.2) is 4.57 Å². The van der Waals surface area contributed by atoms with Crippen LogP contribution in [0.25, 0.3) is 21.7 Å². The maximum atomic E-state index is 13.9. The van der Waals surface area contributed by atoms with Crippen molar-refractivity contribution in [3.63, 3.8) is 0 Å². The summed E-state index contributed by atoms with van der Waals surface area (Å²) in [6.45, 7) is 11.0. The molecule has 1 saturated heterocycles. The van der Waals surface area contributed by atoms with Crippen LogP contribution in [0.2, 0.25) is 0 Å². The topological polar surface area (TPSA) is 133 Å². The highest BCUT2D eigenvalue weighted by molar-refractivity contribution is 6.04. The van der Waals surface area contributed by atoms with Crippen LogP contribution in [-0.4, -0.2) is 122 Å². The van der Waals surface area contributed by atoms with E-state index in [1.165, 1.54) is 0 Å². The van der Waals surface area contributed by atoms with Gasteiger partial charge >= 0.3 is 0 Å². The molecule has 13 heteroatoms. The number of aryl methyl sites for hydroxylation is 1. The van der Waals surface area contributed by atoms with E-state index in [2.05, 4.69) is 82.0 Å². The molecule has 356 valence electrons. The lowest BCUT2D eigenvalue weighted by molar-refractivity contribution is -0.643. The summed E-state index contributed by atoms with van der Waals surface area (Å²) >= 11 is 0. The molecule has 68 heavy (non-hydrogen) atoms. The number of nitrogens with zero attached hydrogens (tertiary/aromatic N) is 5. The minimum atomic E-state index is -0.175. The number of carbonyl (C=O) groups excluding carboxylic acids is 4. The summed E-state index contributed by atoms with van der Waals surface area (Å²) in [6.07, 6.45) is 2.14. The lowest BCUT2D eigenvalue weighted by atomic mass is 10.0. The van der Waals surface area contributed by atoms with E-state index >= 15 is 0 Å². The lowest BCUT2D eigenvalue weighted by Gasteiger charge is -2.34. The summed E-state index contributed by atoms with van der Waals surface area (Å²) in [6, 6.07) is 43.8. The Morgan fingerprint density at radius 1 is 0.471 bits per heavy atom. The summed E-state index contributed by atoms with van der Waals surface area (Å²) in [4.78, 5) is 63.4. The standard InChI is InChI=1S/C55H67N9O4/c1-41(45-16-8-5-9-17-45)57-53(66)38-62-28-26-61(37-52(65)56-35-44-24-25-51-50(34-44)49-23-15-14-22-48(49)36-60(51)4)27-29-63(39-54(67)58-42(2)46-18-10-6-11-19-46)31-33-64(32-30-62)40-55(68)59-43(3)47-20-12-7-13-21-47/h5-25,34,36,41-43H,26-33,35,37-40H2,1-4H3,(H3-,56,57,58,59,65,66,67,68)/p+1/t41-,42-,43-/m1/s1. The molecule has 1 aromatic heterocycles. The third-order valence-corrected chi connectivity index (χ3v) is 12.9. The third-order valence-electron chi connectivity index (χ3n) is 12.9. The quantitative estimate of drug-likeness (QED) is 0.0762. The Labute approximate surface area is 401 Å². The zero-order valence-electron chi connectivity index (χ0n) is 40.1. The second-order valence-electron chi connectivity index (χ2n) is 18.2. The van der Waals surface area contributed by atoms with Crippen molar-refractivity contribution in [2.45, 2.75) is 45.4 Å². The van der Waals surface area contributed by atoms with Crippen molar-refractivity contribution in [1.82, 2.24) is 40.9 Å². The van der Waals surface area contributed by atoms with Gasteiger partial charge in [-0.3, -0.25) is 38.8 Å². The number of nitrogens with one attached hydrogen (secondary N) is 4. The van der Waals surface area contributed by atoms with Gasteiger partial charge in [0.15, 0.2) is 6.20 Å². The van der Waals surface area contributed by atoms with Crippen LogP contribution in [0.1, 0.15) is 61.2 Å². The highest BCUT2D eigenvalue weighted by Gasteiger charge is 2.24. The number of fused-ring (bicyclic) bond motifs is 3. The lowest BCUT2D eigenvalue weighted by Crippen LogP contribution is -2.51. The molecule has 0 spiro atoms. The Bertz CT molecular complexity index is 2520. The van der Waals surface area contributed by atoms with E-state index in [0.29, 0.717) is 58.9 Å². The van der Waals surface area contributed by atoms with E-state index in [4.69, 9.17) is 0 Å². The fraction of sp³-hybridized carbons (Fsp3) is 0.364. The van der Waals surface area contributed by atoms with Crippen LogP contribution in [-0.2, 0) is 32.8 Å². The molecule has 5 aromatic carbocycles. The van der Waals surface area contributed by atoms with Gasteiger partial charge in [-0.2, -0.15) is 0 Å². The predicted molar refractivity (Wildman–Crippen MR) is 269 cm³/mol. The number of benzene rings is 5. The zero-order valence-corrected chi connectivity index (χ0v) is 40.1.